The summed E-state index contributed by atoms with van der Waals surface area (Å²) in [5.74, 6) is 1.11. The summed E-state index contributed by atoms with van der Waals surface area (Å²) in [7, 11) is -3.20. The maximum Gasteiger partial charge on any atom is 0.216 e. The van der Waals surface area contributed by atoms with E-state index in [1.54, 1.807) is 30.3 Å². The molecule has 0 aliphatic carbocycles. The van der Waals surface area contributed by atoms with E-state index in [2.05, 4.69) is 5.32 Å². The third-order valence-electron chi connectivity index (χ3n) is 3.42. The average Bonchev–Trinajstić information content (AvgIpc) is 2.49. The van der Waals surface area contributed by atoms with E-state index in [1.807, 2.05) is 13.8 Å². The lowest BCUT2D eigenvalue weighted by atomic mass is 10.0. The Morgan fingerprint density at radius 3 is 2.32 bits per heavy atom. The topological polar surface area (TPSA) is 78.8 Å². The van der Waals surface area contributed by atoms with Crippen LogP contribution in [-0.4, -0.2) is 23.0 Å². The fourth-order valence-electron chi connectivity index (χ4n) is 2.17. The van der Waals surface area contributed by atoms with E-state index in [9.17, 15) is 14.6 Å². The molecule has 0 bridgehead atoms. The molecule has 5 nitrogen and oxygen atoms in total. The van der Waals surface area contributed by atoms with Gasteiger partial charge in [0.15, 0.2) is 5.75 Å². The minimum Gasteiger partial charge on any atom is -0.508 e. The van der Waals surface area contributed by atoms with Crippen LogP contribution in [0.25, 0.3) is 0 Å². The molecule has 0 saturated heterocycles. The van der Waals surface area contributed by atoms with E-state index in [0.29, 0.717) is 11.4 Å². The summed E-state index contributed by atoms with van der Waals surface area (Å²) in [4.78, 5) is 9.34. The van der Waals surface area contributed by atoms with Crippen molar-refractivity contribution in [2.24, 2.45) is 0 Å². The normalized spacial score (nSPS) is 13.6. The molecule has 8 heteroatoms. The Morgan fingerprint density at radius 2 is 1.80 bits per heavy atom. The molecule has 1 atom stereocenters. The zero-order chi connectivity index (χ0) is 18.8. The lowest BCUT2D eigenvalue weighted by Gasteiger charge is -2.15. The Hall–Kier alpha value is -1.39. The molecule has 0 radical (unpaired) electrons. The molecule has 25 heavy (non-hydrogen) atoms. The van der Waals surface area contributed by atoms with Gasteiger partial charge in [0.1, 0.15) is 11.5 Å². The second-order valence-corrected chi connectivity index (χ2v) is 9.36. The number of benzene rings is 2. The van der Waals surface area contributed by atoms with Gasteiger partial charge in [-0.25, -0.2) is 0 Å². The standard InChI is InChI=1S/C17H20Cl2NO4P/c1-10(2)13-8-12(4-5-16(13)21)24-17-14(18)6-11(7-15(17)19)20-9-25(3,22)23/h4-8,10,20-21H,9H2,1-3H3,(H,22,23). The highest BCUT2D eigenvalue weighted by atomic mass is 35.5. The Balaban J connectivity index is 2.26. The van der Waals surface area contributed by atoms with E-state index in [0.717, 1.165) is 5.56 Å². The number of rotatable bonds is 6. The van der Waals surface area contributed by atoms with E-state index in [1.165, 1.54) is 6.66 Å². The second kappa shape index (κ2) is 7.88. The van der Waals surface area contributed by atoms with E-state index < -0.39 is 7.37 Å². The summed E-state index contributed by atoms with van der Waals surface area (Å²) in [6.07, 6.45) is -0.0877. The van der Waals surface area contributed by atoms with Crippen molar-refractivity contribution in [1.82, 2.24) is 0 Å². The summed E-state index contributed by atoms with van der Waals surface area (Å²) < 4.78 is 17.1. The minimum atomic E-state index is -3.20. The van der Waals surface area contributed by atoms with Gasteiger partial charge in [0.25, 0.3) is 0 Å². The van der Waals surface area contributed by atoms with Crippen molar-refractivity contribution >= 4 is 36.3 Å². The van der Waals surface area contributed by atoms with Crippen molar-refractivity contribution in [2.45, 2.75) is 19.8 Å². The molecular weight excluding hydrogens is 384 g/mol. The SMILES string of the molecule is CC(C)c1cc(Oc2c(Cl)cc(NCP(C)(=O)O)cc2Cl)ccc1O. The molecule has 0 fully saturated rings. The molecule has 0 aromatic heterocycles. The predicted octanol–water partition coefficient (Wildman–Crippen LogP) is 5.88. The fourth-order valence-corrected chi connectivity index (χ4v) is 3.21. The first-order chi connectivity index (χ1) is 11.6. The monoisotopic (exact) mass is 403 g/mol. The van der Waals surface area contributed by atoms with Gasteiger partial charge in [0.05, 0.1) is 16.3 Å². The van der Waals surface area contributed by atoms with Gasteiger partial charge >= 0.3 is 0 Å². The summed E-state index contributed by atoms with van der Waals surface area (Å²) in [6, 6.07) is 8.06. The lowest BCUT2D eigenvalue weighted by molar-refractivity contribution is 0.455. The molecule has 136 valence electrons. The van der Waals surface area contributed by atoms with Crippen LogP contribution in [0.4, 0.5) is 5.69 Å². The van der Waals surface area contributed by atoms with Crippen LogP contribution in [-0.2, 0) is 4.57 Å². The van der Waals surface area contributed by atoms with E-state index in [-0.39, 0.29) is 33.7 Å². The van der Waals surface area contributed by atoms with Crippen LogP contribution in [0.3, 0.4) is 0 Å². The van der Waals surface area contributed by atoms with Gasteiger partial charge in [-0.2, -0.15) is 0 Å². The van der Waals surface area contributed by atoms with E-state index in [4.69, 9.17) is 27.9 Å². The summed E-state index contributed by atoms with van der Waals surface area (Å²) in [5, 5.41) is 13.2. The van der Waals surface area contributed by atoms with Crippen LogP contribution in [0.1, 0.15) is 25.3 Å². The summed E-state index contributed by atoms with van der Waals surface area (Å²) in [5.41, 5.74) is 1.27. The highest BCUT2D eigenvalue weighted by Gasteiger charge is 2.15. The molecule has 0 heterocycles. The molecule has 0 spiro atoms. The zero-order valence-corrected chi connectivity index (χ0v) is 16.5. The van der Waals surface area contributed by atoms with Crippen LogP contribution in [0.2, 0.25) is 10.0 Å². The first-order valence-electron chi connectivity index (χ1n) is 7.60. The van der Waals surface area contributed by atoms with Crippen LogP contribution < -0.4 is 10.1 Å². The third kappa shape index (κ3) is 5.55. The highest BCUT2D eigenvalue weighted by molar-refractivity contribution is 7.57. The van der Waals surface area contributed by atoms with Crippen LogP contribution in [0.15, 0.2) is 30.3 Å². The van der Waals surface area contributed by atoms with Gasteiger partial charge in [-0.05, 0) is 36.2 Å². The van der Waals surface area contributed by atoms with Gasteiger partial charge in [-0.3, -0.25) is 4.57 Å². The van der Waals surface area contributed by atoms with Crippen molar-refractivity contribution in [1.29, 1.82) is 0 Å². The summed E-state index contributed by atoms with van der Waals surface area (Å²) >= 11 is 12.5. The van der Waals surface area contributed by atoms with Gasteiger partial charge in [0.2, 0.25) is 7.37 Å². The smallest absolute Gasteiger partial charge is 0.216 e. The number of halogens is 2. The number of phenols is 1. The van der Waals surface area contributed by atoms with Crippen molar-refractivity contribution in [3.63, 3.8) is 0 Å². The number of hydrogen-bond acceptors (Lipinski definition) is 4. The molecule has 0 amide bonds. The predicted molar refractivity (Wildman–Crippen MR) is 103 cm³/mol. The van der Waals surface area contributed by atoms with Gasteiger partial charge in [-0.1, -0.05) is 37.0 Å². The van der Waals surface area contributed by atoms with Crippen molar-refractivity contribution in [2.75, 3.05) is 18.3 Å². The Labute approximate surface area is 157 Å². The van der Waals surface area contributed by atoms with Gasteiger partial charge < -0.3 is 20.1 Å². The molecule has 0 saturated carbocycles. The maximum atomic E-state index is 11.4. The maximum absolute atomic E-state index is 11.4. The van der Waals surface area contributed by atoms with Crippen molar-refractivity contribution in [3.8, 4) is 17.2 Å². The zero-order valence-electron chi connectivity index (χ0n) is 14.1. The van der Waals surface area contributed by atoms with Gasteiger partial charge in [0, 0.05) is 17.9 Å². The largest absolute Gasteiger partial charge is 0.508 e. The first-order valence-corrected chi connectivity index (χ1v) is 10.6. The first kappa shape index (κ1) is 19.9. The Morgan fingerprint density at radius 1 is 1.20 bits per heavy atom. The van der Waals surface area contributed by atoms with Crippen LogP contribution in [0, 0.1) is 0 Å². The molecule has 0 aliphatic heterocycles. The molecule has 2 aromatic rings. The Kier molecular flexibility index (Phi) is 6.28. The number of anilines is 1. The number of phenolic OH excluding ortho intramolecular Hbond substituents is 1. The molecule has 3 N–H and O–H groups in total. The quantitative estimate of drug-likeness (QED) is 0.524. The molecule has 0 aliphatic rings. The molecule has 2 rings (SSSR count). The highest BCUT2D eigenvalue weighted by Crippen LogP contribution is 2.41. The molecule has 1 unspecified atom stereocenters. The lowest BCUT2D eigenvalue weighted by Crippen LogP contribution is -2.02. The number of nitrogens with one attached hydrogen (secondary N) is 1. The van der Waals surface area contributed by atoms with Crippen LogP contribution in [0.5, 0.6) is 17.2 Å². The molecule has 2 aromatic carbocycles. The van der Waals surface area contributed by atoms with Gasteiger partial charge in [-0.15, -0.1) is 0 Å². The molecular formula is C17H20Cl2NO4P. The third-order valence-corrected chi connectivity index (χ3v) is 4.72. The van der Waals surface area contributed by atoms with Crippen LogP contribution >= 0.6 is 30.6 Å². The van der Waals surface area contributed by atoms with E-state index >= 15 is 0 Å². The van der Waals surface area contributed by atoms with Crippen molar-refractivity contribution < 1.29 is 19.3 Å². The minimum absolute atomic E-state index is 0.0877. The number of hydrogen-bond donors (Lipinski definition) is 3. The average molecular weight is 404 g/mol. The fraction of sp³-hybridized carbons (Fsp3) is 0.294. The Bertz CT molecular complexity index is 797. The number of ether oxygens (including phenoxy) is 1. The second-order valence-electron chi connectivity index (χ2n) is 6.13. The summed E-state index contributed by atoms with van der Waals surface area (Å²) in [6.45, 7) is 5.19. The number of aromatic hydroxyl groups is 1. The van der Waals surface area contributed by atoms with Crippen molar-refractivity contribution in [3.05, 3.63) is 45.9 Å².